The first-order chi connectivity index (χ1) is 14.6. The molecule has 3 aromatic rings. The lowest BCUT2D eigenvalue weighted by atomic mass is 10.1. The van der Waals surface area contributed by atoms with Crippen LogP contribution in [-0.4, -0.2) is 12.2 Å². The SMILES string of the molecule is O=C(NC(NC(=O)OCc1ccccc1)c1ccc(F)cc1)OCc1ccccc1. The Morgan fingerprint density at radius 2 is 1.13 bits per heavy atom. The third kappa shape index (κ3) is 6.63. The van der Waals surface area contributed by atoms with Crippen molar-refractivity contribution in [3.8, 4) is 0 Å². The number of carbonyl (C=O) groups is 2. The summed E-state index contributed by atoms with van der Waals surface area (Å²) in [6, 6.07) is 23.7. The second-order valence-electron chi connectivity index (χ2n) is 6.40. The van der Waals surface area contributed by atoms with Crippen LogP contribution in [0.1, 0.15) is 22.9 Å². The fourth-order valence-corrected chi connectivity index (χ4v) is 2.62. The number of hydrogen-bond donors (Lipinski definition) is 2. The van der Waals surface area contributed by atoms with E-state index in [2.05, 4.69) is 10.6 Å². The minimum absolute atomic E-state index is 0.0707. The molecule has 0 unspecified atom stereocenters. The van der Waals surface area contributed by atoms with Crippen LogP contribution >= 0.6 is 0 Å². The minimum atomic E-state index is -0.961. The zero-order chi connectivity index (χ0) is 21.2. The lowest BCUT2D eigenvalue weighted by molar-refractivity contribution is 0.122. The van der Waals surface area contributed by atoms with Crippen molar-refractivity contribution in [3.63, 3.8) is 0 Å². The average Bonchev–Trinajstić information content (AvgIpc) is 2.78. The fraction of sp³-hybridized carbons (Fsp3) is 0.130. The molecule has 0 aliphatic rings. The molecule has 3 rings (SSSR count). The molecule has 30 heavy (non-hydrogen) atoms. The van der Waals surface area contributed by atoms with Gasteiger partial charge in [-0.05, 0) is 28.8 Å². The van der Waals surface area contributed by atoms with Gasteiger partial charge in [-0.15, -0.1) is 0 Å². The molecule has 0 aromatic heterocycles. The molecule has 0 fully saturated rings. The van der Waals surface area contributed by atoms with E-state index in [1.165, 1.54) is 24.3 Å². The second kappa shape index (κ2) is 10.6. The van der Waals surface area contributed by atoms with E-state index in [0.29, 0.717) is 5.56 Å². The summed E-state index contributed by atoms with van der Waals surface area (Å²) in [5.74, 6) is -0.434. The molecule has 6 nitrogen and oxygen atoms in total. The molecule has 0 saturated heterocycles. The van der Waals surface area contributed by atoms with Crippen LogP contribution in [0.3, 0.4) is 0 Å². The Morgan fingerprint density at radius 1 is 0.700 bits per heavy atom. The normalized spacial score (nSPS) is 10.3. The molecule has 0 radical (unpaired) electrons. The maximum atomic E-state index is 13.3. The summed E-state index contributed by atoms with van der Waals surface area (Å²) in [6.07, 6.45) is -2.44. The van der Waals surface area contributed by atoms with Gasteiger partial charge in [0.15, 0.2) is 0 Å². The average molecular weight is 408 g/mol. The number of benzene rings is 3. The van der Waals surface area contributed by atoms with Gasteiger partial charge in [-0.3, -0.25) is 10.6 Å². The Balaban J connectivity index is 1.60. The zero-order valence-corrected chi connectivity index (χ0v) is 16.1. The van der Waals surface area contributed by atoms with Crippen molar-refractivity contribution >= 4 is 12.2 Å². The van der Waals surface area contributed by atoms with E-state index in [1.54, 1.807) is 0 Å². The molecule has 0 aliphatic heterocycles. The van der Waals surface area contributed by atoms with Gasteiger partial charge >= 0.3 is 12.2 Å². The summed E-state index contributed by atoms with van der Waals surface area (Å²) < 4.78 is 23.7. The third-order valence-corrected chi connectivity index (χ3v) is 4.15. The number of amides is 2. The van der Waals surface area contributed by atoms with E-state index in [-0.39, 0.29) is 13.2 Å². The van der Waals surface area contributed by atoms with E-state index < -0.39 is 24.2 Å². The highest BCUT2D eigenvalue weighted by Gasteiger charge is 2.19. The standard InChI is InChI=1S/C23H21FN2O4/c24-20-13-11-19(12-14-20)21(25-22(27)29-15-17-7-3-1-4-8-17)26-23(28)30-16-18-9-5-2-6-10-18/h1-14,21H,15-16H2,(H,25,27)(H,26,28). The number of halogens is 1. The number of rotatable bonds is 7. The first-order valence-electron chi connectivity index (χ1n) is 9.30. The molecule has 2 amide bonds. The Morgan fingerprint density at radius 3 is 1.57 bits per heavy atom. The van der Waals surface area contributed by atoms with E-state index in [9.17, 15) is 14.0 Å². The molecule has 0 saturated carbocycles. The topological polar surface area (TPSA) is 76.7 Å². The summed E-state index contributed by atoms with van der Waals surface area (Å²) in [4.78, 5) is 24.5. The lowest BCUT2D eigenvalue weighted by Crippen LogP contribution is -2.41. The van der Waals surface area contributed by atoms with Gasteiger partial charge in [0.05, 0.1) is 0 Å². The van der Waals surface area contributed by atoms with Crippen molar-refractivity contribution in [1.82, 2.24) is 10.6 Å². The highest BCUT2D eigenvalue weighted by molar-refractivity contribution is 5.71. The van der Waals surface area contributed by atoms with Crippen LogP contribution in [0.25, 0.3) is 0 Å². The van der Waals surface area contributed by atoms with Crippen molar-refractivity contribution in [2.75, 3.05) is 0 Å². The molecule has 0 aliphatic carbocycles. The Kier molecular flexibility index (Phi) is 7.38. The van der Waals surface area contributed by atoms with Gasteiger partial charge in [0.2, 0.25) is 0 Å². The van der Waals surface area contributed by atoms with Gasteiger partial charge in [-0.1, -0.05) is 72.8 Å². The van der Waals surface area contributed by atoms with Gasteiger partial charge in [0, 0.05) is 0 Å². The Labute approximate surface area is 173 Å². The van der Waals surface area contributed by atoms with Gasteiger partial charge in [0.1, 0.15) is 25.2 Å². The quantitative estimate of drug-likeness (QED) is 0.557. The summed E-state index contributed by atoms with van der Waals surface area (Å²) in [6.45, 7) is 0.141. The molecule has 3 aromatic carbocycles. The molecular formula is C23H21FN2O4. The first-order valence-corrected chi connectivity index (χ1v) is 9.30. The molecular weight excluding hydrogens is 387 g/mol. The van der Waals surface area contributed by atoms with E-state index in [1.807, 2.05) is 60.7 Å². The van der Waals surface area contributed by atoms with Crippen LogP contribution < -0.4 is 10.6 Å². The van der Waals surface area contributed by atoms with Crippen LogP contribution in [0.15, 0.2) is 84.9 Å². The van der Waals surface area contributed by atoms with Gasteiger partial charge in [-0.2, -0.15) is 0 Å². The Hall–Kier alpha value is -3.87. The summed E-state index contributed by atoms with van der Waals surface area (Å²) >= 11 is 0. The van der Waals surface area contributed by atoms with Crippen LogP contribution in [0.5, 0.6) is 0 Å². The monoisotopic (exact) mass is 408 g/mol. The smallest absolute Gasteiger partial charge is 0.409 e. The van der Waals surface area contributed by atoms with Crippen molar-refractivity contribution in [2.45, 2.75) is 19.4 Å². The van der Waals surface area contributed by atoms with Crippen molar-refractivity contribution in [2.24, 2.45) is 0 Å². The third-order valence-electron chi connectivity index (χ3n) is 4.15. The van der Waals surface area contributed by atoms with Crippen LogP contribution in [-0.2, 0) is 22.7 Å². The van der Waals surface area contributed by atoms with Crippen LogP contribution in [0.2, 0.25) is 0 Å². The molecule has 154 valence electrons. The minimum Gasteiger partial charge on any atom is -0.445 e. The summed E-state index contributed by atoms with van der Waals surface area (Å²) in [5.41, 5.74) is 2.10. The predicted molar refractivity (Wildman–Crippen MR) is 109 cm³/mol. The van der Waals surface area contributed by atoms with Gasteiger partial charge in [-0.25, -0.2) is 14.0 Å². The van der Waals surface area contributed by atoms with E-state index >= 15 is 0 Å². The van der Waals surface area contributed by atoms with Gasteiger partial charge < -0.3 is 9.47 Å². The highest BCUT2D eigenvalue weighted by Crippen LogP contribution is 2.13. The highest BCUT2D eigenvalue weighted by atomic mass is 19.1. The predicted octanol–water partition coefficient (Wildman–Crippen LogP) is 4.68. The van der Waals surface area contributed by atoms with Crippen molar-refractivity contribution in [3.05, 3.63) is 107 Å². The number of carbonyl (C=O) groups excluding carboxylic acids is 2. The maximum Gasteiger partial charge on any atom is 0.409 e. The number of nitrogens with one attached hydrogen (secondary N) is 2. The number of ether oxygens (including phenoxy) is 2. The first kappa shape index (κ1) is 20.9. The summed E-state index contributed by atoms with van der Waals surface area (Å²) in [7, 11) is 0. The van der Waals surface area contributed by atoms with Crippen molar-refractivity contribution < 1.29 is 23.5 Å². The lowest BCUT2D eigenvalue weighted by Gasteiger charge is -2.20. The Bertz CT molecular complexity index is 892. The van der Waals surface area contributed by atoms with E-state index in [0.717, 1.165) is 11.1 Å². The molecule has 0 bridgehead atoms. The van der Waals surface area contributed by atoms with Crippen LogP contribution in [0.4, 0.5) is 14.0 Å². The van der Waals surface area contributed by atoms with Crippen LogP contribution in [0, 0.1) is 5.82 Å². The maximum absolute atomic E-state index is 13.3. The molecule has 0 spiro atoms. The van der Waals surface area contributed by atoms with E-state index in [4.69, 9.17) is 9.47 Å². The molecule has 2 N–H and O–H groups in total. The number of alkyl carbamates (subject to hydrolysis) is 2. The largest absolute Gasteiger partial charge is 0.445 e. The summed E-state index contributed by atoms with van der Waals surface area (Å²) in [5, 5.41) is 5.11. The second-order valence-corrected chi connectivity index (χ2v) is 6.40. The molecule has 7 heteroatoms. The molecule has 0 atom stereocenters. The fourth-order valence-electron chi connectivity index (χ4n) is 2.62. The van der Waals surface area contributed by atoms with Gasteiger partial charge in [0.25, 0.3) is 0 Å². The molecule has 0 heterocycles. The van der Waals surface area contributed by atoms with Crippen molar-refractivity contribution in [1.29, 1.82) is 0 Å². The zero-order valence-electron chi connectivity index (χ0n) is 16.1. The number of hydrogen-bond acceptors (Lipinski definition) is 4.